The molecule has 1 saturated heterocycles. The zero-order chi connectivity index (χ0) is 23.7. The monoisotopic (exact) mass is 454 g/mol. The molecule has 5 rings (SSSR count). The van der Waals surface area contributed by atoms with Gasteiger partial charge in [-0.2, -0.15) is 10.4 Å². The summed E-state index contributed by atoms with van der Waals surface area (Å²) >= 11 is 0. The van der Waals surface area contributed by atoms with Crippen LogP contribution in [0.3, 0.4) is 0 Å². The largest absolute Gasteiger partial charge is 0.379 e. The molecule has 2 aliphatic rings. The van der Waals surface area contributed by atoms with Crippen LogP contribution in [0.2, 0.25) is 0 Å². The molecule has 2 aliphatic heterocycles. The summed E-state index contributed by atoms with van der Waals surface area (Å²) in [7, 11) is 0. The van der Waals surface area contributed by atoms with Crippen LogP contribution in [-0.2, 0) is 28.9 Å². The minimum atomic E-state index is 0.00872. The summed E-state index contributed by atoms with van der Waals surface area (Å²) in [4.78, 5) is 27.0. The number of nitriles is 1. The second kappa shape index (κ2) is 9.24. The molecule has 0 radical (unpaired) electrons. The van der Waals surface area contributed by atoms with Gasteiger partial charge in [0.25, 0.3) is 0 Å². The number of carbonyl (C=O) groups excluding carboxylic acids is 2. The van der Waals surface area contributed by atoms with E-state index in [4.69, 9.17) is 15.1 Å². The SMILES string of the molecule is CC(=O)N1CCc2c(c(-c3cccc(C(=O)Cc4ccc(C#N)cc4)c3)nn2C2CCOC2)C1. The number of fused-ring (bicyclic) bond motifs is 1. The van der Waals surface area contributed by atoms with Gasteiger partial charge in [0.15, 0.2) is 5.78 Å². The van der Waals surface area contributed by atoms with E-state index in [0.717, 1.165) is 47.5 Å². The number of hydrogen-bond acceptors (Lipinski definition) is 5. The Hall–Kier alpha value is -3.76. The molecule has 1 amide bonds. The van der Waals surface area contributed by atoms with Crippen LogP contribution in [0.15, 0.2) is 48.5 Å². The van der Waals surface area contributed by atoms with Crippen molar-refractivity contribution in [2.45, 2.75) is 38.8 Å². The summed E-state index contributed by atoms with van der Waals surface area (Å²) in [5.74, 6) is 0.0642. The third-order valence-electron chi connectivity index (χ3n) is 6.69. The van der Waals surface area contributed by atoms with Crippen LogP contribution >= 0.6 is 0 Å². The lowest BCUT2D eigenvalue weighted by atomic mass is 9.97. The lowest BCUT2D eigenvalue weighted by molar-refractivity contribution is -0.129. The van der Waals surface area contributed by atoms with E-state index >= 15 is 0 Å². The number of aromatic nitrogens is 2. The highest BCUT2D eigenvalue weighted by atomic mass is 16.5. The lowest BCUT2D eigenvalue weighted by Crippen LogP contribution is -2.35. The maximum absolute atomic E-state index is 13.0. The number of ketones is 1. The molecule has 1 fully saturated rings. The Kier molecular flexibility index (Phi) is 5.99. The van der Waals surface area contributed by atoms with Crippen molar-refractivity contribution in [2.24, 2.45) is 0 Å². The summed E-state index contributed by atoms with van der Waals surface area (Å²) in [6, 6.07) is 17.0. The Labute approximate surface area is 198 Å². The first-order valence-electron chi connectivity index (χ1n) is 11.6. The van der Waals surface area contributed by atoms with Crippen LogP contribution in [0.1, 0.15) is 52.1 Å². The predicted octanol–water partition coefficient (Wildman–Crippen LogP) is 3.71. The van der Waals surface area contributed by atoms with Crippen LogP contribution in [0.5, 0.6) is 0 Å². The highest BCUT2D eigenvalue weighted by Gasteiger charge is 2.30. The smallest absolute Gasteiger partial charge is 0.219 e. The molecule has 1 atom stereocenters. The summed E-state index contributed by atoms with van der Waals surface area (Å²) in [5.41, 5.74) is 6.00. The molecule has 172 valence electrons. The number of Topliss-reactive ketones (excluding diaryl/α,β-unsaturated/α-hetero) is 1. The van der Waals surface area contributed by atoms with Gasteiger partial charge in [-0.25, -0.2) is 0 Å². The van der Waals surface area contributed by atoms with Crippen LogP contribution in [0, 0.1) is 11.3 Å². The Morgan fingerprint density at radius 1 is 1.21 bits per heavy atom. The van der Waals surface area contributed by atoms with E-state index in [9.17, 15) is 9.59 Å². The molecule has 3 aromatic rings. The average Bonchev–Trinajstić information content (AvgIpc) is 3.52. The Balaban J connectivity index is 1.47. The Morgan fingerprint density at radius 3 is 2.74 bits per heavy atom. The van der Waals surface area contributed by atoms with E-state index in [-0.39, 0.29) is 24.2 Å². The van der Waals surface area contributed by atoms with Crippen molar-refractivity contribution >= 4 is 11.7 Å². The summed E-state index contributed by atoms with van der Waals surface area (Å²) < 4.78 is 7.71. The normalized spacial score (nSPS) is 17.3. The second-order valence-electron chi connectivity index (χ2n) is 8.92. The van der Waals surface area contributed by atoms with E-state index in [1.165, 1.54) is 0 Å². The molecule has 7 nitrogen and oxygen atoms in total. The number of hydrogen-bond donors (Lipinski definition) is 0. The average molecular weight is 455 g/mol. The van der Waals surface area contributed by atoms with Gasteiger partial charge in [-0.3, -0.25) is 14.3 Å². The maximum Gasteiger partial charge on any atom is 0.219 e. The minimum absolute atomic E-state index is 0.00872. The van der Waals surface area contributed by atoms with Crippen LogP contribution < -0.4 is 0 Å². The first-order chi connectivity index (χ1) is 16.5. The van der Waals surface area contributed by atoms with Gasteiger partial charge in [0.1, 0.15) is 0 Å². The molecule has 0 saturated carbocycles. The number of benzene rings is 2. The molecule has 1 unspecified atom stereocenters. The van der Waals surface area contributed by atoms with Crippen LogP contribution in [0.4, 0.5) is 0 Å². The fraction of sp³-hybridized carbons (Fsp3) is 0.333. The molecule has 0 aliphatic carbocycles. The van der Waals surface area contributed by atoms with E-state index < -0.39 is 0 Å². The van der Waals surface area contributed by atoms with E-state index in [2.05, 4.69) is 10.8 Å². The molecule has 0 bridgehead atoms. The van der Waals surface area contributed by atoms with Crippen molar-refractivity contribution in [3.63, 3.8) is 0 Å². The quantitative estimate of drug-likeness (QED) is 0.549. The molecule has 0 N–H and O–H groups in total. The second-order valence-corrected chi connectivity index (χ2v) is 8.92. The summed E-state index contributed by atoms with van der Waals surface area (Å²) in [6.45, 7) is 4.18. The number of rotatable bonds is 5. The lowest BCUT2D eigenvalue weighted by Gasteiger charge is -2.27. The predicted molar refractivity (Wildman–Crippen MR) is 126 cm³/mol. The van der Waals surface area contributed by atoms with Crippen molar-refractivity contribution in [1.29, 1.82) is 5.26 Å². The Bertz CT molecular complexity index is 1280. The standard InChI is InChI=1S/C27H26N4O3/c1-18(32)30-11-9-25-24(16-30)27(29-31(25)23-10-12-34-17-23)22-4-2-3-21(14-22)26(33)13-19-5-7-20(15-28)8-6-19/h2-8,14,23H,9-13,16-17H2,1H3. The van der Waals surface area contributed by atoms with Crippen molar-refractivity contribution < 1.29 is 14.3 Å². The molecule has 34 heavy (non-hydrogen) atoms. The van der Waals surface area contributed by atoms with Crippen molar-refractivity contribution in [2.75, 3.05) is 19.8 Å². The van der Waals surface area contributed by atoms with Crippen molar-refractivity contribution in [3.05, 3.63) is 76.5 Å². The molecule has 2 aromatic carbocycles. The molecule has 7 heteroatoms. The first-order valence-corrected chi connectivity index (χ1v) is 11.6. The van der Waals surface area contributed by atoms with Gasteiger partial charge in [-0.05, 0) is 30.2 Å². The molecular weight excluding hydrogens is 428 g/mol. The van der Waals surface area contributed by atoms with Gasteiger partial charge in [-0.15, -0.1) is 0 Å². The van der Waals surface area contributed by atoms with E-state index in [1.807, 2.05) is 41.3 Å². The molecular formula is C27H26N4O3. The van der Waals surface area contributed by atoms with Crippen LogP contribution in [0.25, 0.3) is 11.3 Å². The maximum atomic E-state index is 13.0. The molecule has 3 heterocycles. The number of amides is 1. The molecule has 0 spiro atoms. The van der Waals surface area contributed by atoms with Crippen molar-refractivity contribution in [1.82, 2.24) is 14.7 Å². The fourth-order valence-corrected chi connectivity index (χ4v) is 4.79. The fourth-order valence-electron chi connectivity index (χ4n) is 4.79. The van der Waals surface area contributed by atoms with Crippen molar-refractivity contribution in [3.8, 4) is 17.3 Å². The van der Waals surface area contributed by atoms with Gasteiger partial charge in [0, 0.05) is 61.8 Å². The summed E-state index contributed by atoms with van der Waals surface area (Å²) in [5, 5.41) is 14.0. The van der Waals surface area contributed by atoms with Gasteiger partial charge in [0.2, 0.25) is 5.91 Å². The minimum Gasteiger partial charge on any atom is -0.379 e. The third-order valence-corrected chi connectivity index (χ3v) is 6.69. The first kappa shape index (κ1) is 22.1. The van der Waals surface area contributed by atoms with Gasteiger partial charge >= 0.3 is 0 Å². The van der Waals surface area contributed by atoms with Gasteiger partial charge < -0.3 is 9.64 Å². The number of ether oxygens (including phenoxy) is 1. The molecule has 1 aromatic heterocycles. The summed E-state index contributed by atoms with van der Waals surface area (Å²) in [6.07, 6.45) is 1.95. The van der Waals surface area contributed by atoms with E-state index in [1.54, 1.807) is 19.1 Å². The van der Waals surface area contributed by atoms with Crippen LogP contribution in [-0.4, -0.2) is 46.1 Å². The highest BCUT2D eigenvalue weighted by Crippen LogP contribution is 2.34. The van der Waals surface area contributed by atoms with Gasteiger partial charge in [-0.1, -0.05) is 30.3 Å². The van der Waals surface area contributed by atoms with Gasteiger partial charge in [0.05, 0.1) is 30.0 Å². The number of carbonyl (C=O) groups is 2. The highest BCUT2D eigenvalue weighted by molar-refractivity contribution is 5.98. The zero-order valence-corrected chi connectivity index (χ0v) is 19.2. The number of nitrogens with zero attached hydrogens (tertiary/aromatic N) is 4. The Morgan fingerprint density at radius 2 is 2.03 bits per heavy atom. The topological polar surface area (TPSA) is 88.2 Å². The zero-order valence-electron chi connectivity index (χ0n) is 19.2. The van der Waals surface area contributed by atoms with E-state index in [0.29, 0.717) is 30.8 Å². The third kappa shape index (κ3) is 4.25.